The summed E-state index contributed by atoms with van der Waals surface area (Å²) in [6.07, 6.45) is -0.711. The molecule has 0 aromatic heterocycles. The van der Waals surface area contributed by atoms with E-state index in [1.165, 1.54) is 0 Å². The van der Waals surface area contributed by atoms with Crippen molar-refractivity contribution < 1.29 is 19.4 Å². The molecule has 3 N–H and O–H groups in total. The molecular formula is C5H11NO4. The highest BCUT2D eigenvalue weighted by Gasteiger charge is 1.82. The van der Waals surface area contributed by atoms with Crippen LogP contribution in [0.3, 0.4) is 0 Å². The number of carbonyl (C=O) groups excluding carboxylic acids is 1. The van der Waals surface area contributed by atoms with Crippen LogP contribution < -0.4 is 5.73 Å². The van der Waals surface area contributed by atoms with Crippen molar-refractivity contribution >= 4 is 12.1 Å². The van der Waals surface area contributed by atoms with E-state index < -0.39 is 12.1 Å². The molecule has 0 aromatic carbocycles. The van der Waals surface area contributed by atoms with E-state index in [0.29, 0.717) is 6.61 Å². The van der Waals surface area contributed by atoms with Gasteiger partial charge in [-0.15, -0.1) is 0 Å². The topological polar surface area (TPSA) is 89.6 Å². The largest absolute Gasteiger partial charge is 0.481 e. The van der Waals surface area contributed by atoms with Gasteiger partial charge in [-0.25, -0.2) is 4.79 Å². The van der Waals surface area contributed by atoms with Crippen molar-refractivity contribution in [3.05, 3.63) is 0 Å². The van der Waals surface area contributed by atoms with Crippen molar-refractivity contribution in [2.24, 2.45) is 5.73 Å². The molecule has 0 aliphatic rings. The average molecular weight is 149 g/mol. The minimum Gasteiger partial charge on any atom is -0.481 e. The predicted molar refractivity (Wildman–Crippen MR) is 34.5 cm³/mol. The Balaban J connectivity index is 0. The molecule has 0 bridgehead atoms. The maximum absolute atomic E-state index is 9.60. The lowest BCUT2D eigenvalue weighted by Crippen LogP contribution is -2.11. The molecule has 0 heterocycles. The fraction of sp³-hybridized carbons (Fsp3) is 0.600. The van der Waals surface area contributed by atoms with Crippen LogP contribution in [0.15, 0.2) is 0 Å². The van der Waals surface area contributed by atoms with Gasteiger partial charge in [0, 0.05) is 6.92 Å². The molecule has 0 radical (unpaired) electrons. The van der Waals surface area contributed by atoms with Gasteiger partial charge < -0.3 is 15.6 Å². The Bertz CT molecular complexity index is 108. The lowest BCUT2D eigenvalue weighted by atomic mass is 10.9. The van der Waals surface area contributed by atoms with Gasteiger partial charge in [0.25, 0.3) is 5.97 Å². The zero-order valence-electron chi connectivity index (χ0n) is 5.96. The molecular weight excluding hydrogens is 138 g/mol. The standard InChI is InChI=1S/C3H7NO2.C2H4O2/c1-2-6-3(4)5;1-2(3)4/h2H2,1H3,(H2,4,5);1H3,(H,3,4). The van der Waals surface area contributed by atoms with Crippen molar-refractivity contribution in [2.75, 3.05) is 6.61 Å². The second-order valence-electron chi connectivity index (χ2n) is 1.27. The summed E-state index contributed by atoms with van der Waals surface area (Å²) in [6.45, 7) is 3.14. The third-order valence-corrected chi connectivity index (χ3v) is 0.287. The summed E-state index contributed by atoms with van der Waals surface area (Å²) in [4.78, 5) is 18.6. The zero-order chi connectivity index (χ0) is 8.57. The normalized spacial score (nSPS) is 7.00. The van der Waals surface area contributed by atoms with Gasteiger partial charge in [0.05, 0.1) is 6.61 Å². The molecule has 0 spiro atoms. The molecule has 0 aromatic rings. The van der Waals surface area contributed by atoms with Gasteiger partial charge in [-0.05, 0) is 6.92 Å². The second-order valence-corrected chi connectivity index (χ2v) is 1.27. The number of amides is 1. The average Bonchev–Trinajstić information content (AvgIpc) is 1.62. The summed E-state index contributed by atoms with van der Waals surface area (Å²) in [5.74, 6) is -0.833. The third-order valence-electron chi connectivity index (χ3n) is 0.287. The minimum atomic E-state index is -0.833. The number of carboxylic acids is 1. The maximum atomic E-state index is 9.60. The van der Waals surface area contributed by atoms with Crippen LogP contribution in [0, 0.1) is 0 Å². The Kier molecular flexibility index (Phi) is 8.92. The van der Waals surface area contributed by atoms with E-state index in [2.05, 4.69) is 10.5 Å². The molecule has 0 atom stereocenters. The first-order valence-corrected chi connectivity index (χ1v) is 2.62. The maximum Gasteiger partial charge on any atom is 0.404 e. The number of hydrogen-bond donors (Lipinski definition) is 2. The van der Waals surface area contributed by atoms with Gasteiger partial charge in [-0.3, -0.25) is 4.79 Å². The van der Waals surface area contributed by atoms with Crippen molar-refractivity contribution in [3.8, 4) is 0 Å². The Morgan fingerprint density at radius 2 is 1.90 bits per heavy atom. The number of aliphatic carboxylic acids is 1. The first-order chi connectivity index (χ1) is 4.50. The van der Waals surface area contributed by atoms with Crippen molar-refractivity contribution in [2.45, 2.75) is 13.8 Å². The number of rotatable bonds is 1. The third kappa shape index (κ3) is 73.3. The molecule has 0 unspecified atom stereocenters. The number of nitrogens with two attached hydrogens (primary N) is 1. The molecule has 0 fully saturated rings. The van der Waals surface area contributed by atoms with E-state index in [4.69, 9.17) is 9.90 Å². The summed E-state index contributed by atoms with van der Waals surface area (Å²) in [7, 11) is 0. The van der Waals surface area contributed by atoms with Crippen molar-refractivity contribution in [3.63, 3.8) is 0 Å². The fourth-order valence-corrected chi connectivity index (χ4v) is 0.142. The van der Waals surface area contributed by atoms with E-state index in [9.17, 15) is 4.79 Å². The Labute approximate surface area is 58.8 Å². The van der Waals surface area contributed by atoms with Crippen LogP contribution in [0.4, 0.5) is 4.79 Å². The van der Waals surface area contributed by atoms with Crippen LogP contribution in [-0.2, 0) is 9.53 Å². The molecule has 0 saturated heterocycles. The summed E-state index contributed by atoms with van der Waals surface area (Å²) >= 11 is 0. The van der Waals surface area contributed by atoms with Crippen LogP contribution >= 0.6 is 0 Å². The van der Waals surface area contributed by atoms with Gasteiger partial charge in [0.1, 0.15) is 0 Å². The summed E-state index contributed by atoms with van der Waals surface area (Å²) in [5, 5.41) is 7.42. The molecule has 1 amide bonds. The Morgan fingerprint density at radius 3 is 1.90 bits per heavy atom. The fourth-order valence-electron chi connectivity index (χ4n) is 0.142. The summed E-state index contributed by atoms with van der Waals surface area (Å²) < 4.78 is 4.18. The zero-order valence-corrected chi connectivity index (χ0v) is 5.96. The molecule has 60 valence electrons. The van der Waals surface area contributed by atoms with E-state index in [1.54, 1.807) is 6.92 Å². The second kappa shape index (κ2) is 7.74. The molecule has 5 heteroatoms. The van der Waals surface area contributed by atoms with Gasteiger partial charge in [-0.2, -0.15) is 0 Å². The van der Waals surface area contributed by atoms with Gasteiger partial charge >= 0.3 is 6.09 Å². The molecule has 0 rings (SSSR count). The van der Waals surface area contributed by atoms with Gasteiger partial charge in [0.15, 0.2) is 0 Å². The molecule has 0 aliphatic carbocycles. The van der Waals surface area contributed by atoms with E-state index in [1.807, 2.05) is 0 Å². The molecule has 5 nitrogen and oxygen atoms in total. The Hall–Kier alpha value is -1.26. The number of carbonyl (C=O) groups is 2. The number of hydrogen-bond acceptors (Lipinski definition) is 3. The lowest BCUT2D eigenvalue weighted by Gasteiger charge is -1.89. The summed E-state index contributed by atoms with van der Waals surface area (Å²) in [5.41, 5.74) is 4.54. The number of ether oxygens (including phenoxy) is 1. The van der Waals surface area contributed by atoms with Crippen LogP contribution in [0.2, 0.25) is 0 Å². The molecule has 0 aliphatic heterocycles. The Morgan fingerprint density at radius 1 is 1.60 bits per heavy atom. The van der Waals surface area contributed by atoms with Crippen LogP contribution in [-0.4, -0.2) is 23.8 Å². The highest BCUT2D eigenvalue weighted by Crippen LogP contribution is 1.66. The molecule has 10 heavy (non-hydrogen) atoms. The van der Waals surface area contributed by atoms with Crippen LogP contribution in [0.5, 0.6) is 0 Å². The SMILES string of the molecule is CC(=O)O.CCOC(N)=O. The number of carboxylic acid groups (broad SMARTS) is 1. The van der Waals surface area contributed by atoms with Gasteiger partial charge in [0.2, 0.25) is 0 Å². The quantitative estimate of drug-likeness (QED) is 0.557. The molecule has 0 saturated carbocycles. The van der Waals surface area contributed by atoms with Crippen molar-refractivity contribution in [1.82, 2.24) is 0 Å². The van der Waals surface area contributed by atoms with E-state index in [0.717, 1.165) is 6.92 Å². The predicted octanol–water partition coefficient (Wildman–Crippen LogP) is 0.193. The monoisotopic (exact) mass is 149 g/mol. The first-order valence-electron chi connectivity index (χ1n) is 2.62. The first kappa shape index (κ1) is 11.5. The highest BCUT2D eigenvalue weighted by atomic mass is 16.5. The van der Waals surface area contributed by atoms with Gasteiger partial charge in [-0.1, -0.05) is 0 Å². The van der Waals surface area contributed by atoms with Crippen LogP contribution in [0.1, 0.15) is 13.8 Å². The summed E-state index contributed by atoms with van der Waals surface area (Å²) in [6, 6.07) is 0. The van der Waals surface area contributed by atoms with E-state index in [-0.39, 0.29) is 0 Å². The highest BCUT2D eigenvalue weighted by molar-refractivity contribution is 5.64. The minimum absolute atomic E-state index is 0.356. The van der Waals surface area contributed by atoms with E-state index >= 15 is 0 Å². The lowest BCUT2D eigenvalue weighted by molar-refractivity contribution is -0.134. The smallest absolute Gasteiger partial charge is 0.404 e. The van der Waals surface area contributed by atoms with Crippen molar-refractivity contribution in [1.29, 1.82) is 0 Å². The van der Waals surface area contributed by atoms with Crippen LogP contribution in [0.25, 0.3) is 0 Å². The number of primary amides is 1.